The summed E-state index contributed by atoms with van der Waals surface area (Å²) in [5.74, 6) is -0.745. The minimum atomic E-state index is -0.964. The summed E-state index contributed by atoms with van der Waals surface area (Å²) in [5.41, 5.74) is 1.17. The quantitative estimate of drug-likeness (QED) is 0.755. The molecule has 2 amide bonds. The van der Waals surface area contributed by atoms with Crippen molar-refractivity contribution in [1.29, 1.82) is 0 Å². The molecule has 6 heteroatoms. The van der Waals surface area contributed by atoms with Crippen LogP contribution in [-0.4, -0.2) is 40.6 Å². The lowest BCUT2D eigenvalue weighted by molar-refractivity contribution is -0.124. The van der Waals surface area contributed by atoms with Crippen molar-refractivity contribution in [3.05, 3.63) is 42.1 Å². The third kappa shape index (κ3) is 5.26. The van der Waals surface area contributed by atoms with Crippen molar-refractivity contribution in [1.82, 2.24) is 15.6 Å². The summed E-state index contributed by atoms with van der Waals surface area (Å²) in [4.78, 5) is 29.3. The highest BCUT2D eigenvalue weighted by atomic mass is 16.3. The molecule has 0 aliphatic heterocycles. The van der Waals surface area contributed by atoms with Crippen LogP contribution >= 0.6 is 0 Å². The molecule has 0 radical (unpaired) electrons. The lowest BCUT2D eigenvalue weighted by Crippen LogP contribution is -2.51. The molecule has 3 rings (SSSR count). The van der Waals surface area contributed by atoms with Gasteiger partial charge in [-0.3, -0.25) is 14.6 Å². The first-order valence-electron chi connectivity index (χ1n) is 9.74. The number of hydrogen-bond donors (Lipinski definition) is 3. The number of aromatic nitrogens is 1. The van der Waals surface area contributed by atoms with Crippen molar-refractivity contribution >= 4 is 22.7 Å². The summed E-state index contributed by atoms with van der Waals surface area (Å²) in [6.45, 7) is -0.439. The Morgan fingerprint density at radius 2 is 1.81 bits per heavy atom. The van der Waals surface area contributed by atoms with Crippen LogP contribution < -0.4 is 10.6 Å². The number of nitrogens with zero attached hydrogens (tertiary/aromatic N) is 1. The van der Waals surface area contributed by atoms with Crippen molar-refractivity contribution in [2.45, 2.75) is 57.0 Å². The van der Waals surface area contributed by atoms with Gasteiger partial charge in [0, 0.05) is 17.6 Å². The van der Waals surface area contributed by atoms with Gasteiger partial charge in [0.15, 0.2) is 0 Å². The number of benzene rings is 1. The molecule has 27 heavy (non-hydrogen) atoms. The predicted molar refractivity (Wildman–Crippen MR) is 104 cm³/mol. The van der Waals surface area contributed by atoms with Gasteiger partial charge in [-0.2, -0.15) is 0 Å². The predicted octanol–water partition coefficient (Wildman–Crippen LogP) is 2.55. The first kappa shape index (κ1) is 19.3. The van der Waals surface area contributed by atoms with E-state index in [-0.39, 0.29) is 11.9 Å². The number of pyridine rings is 1. The second kappa shape index (κ2) is 9.46. The van der Waals surface area contributed by atoms with Crippen LogP contribution in [-0.2, 0) is 4.79 Å². The average Bonchev–Trinajstić information content (AvgIpc) is 2.67. The standard InChI is InChI=1S/C21H27N3O3/c25-14-19(21(27)23-17-9-4-2-1-3-5-10-17)24-20(26)16-12-15-8-6-7-11-18(15)22-13-16/h6-8,11-13,17,19,25H,1-5,9-10,14H2,(H,23,27)(H,24,26). The Labute approximate surface area is 159 Å². The largest absolute Gasteiger partial charge is 0.394 e. The number of aliphatic hydroxyl groups excluding tert-OH is 1. The van der Waals surface area contributed by atoms with Gasteiger partial charge in [0.1, 0.15) is 6.04 Å². The molecule has 6 nitrogen and oxygen atoms in total. The zero-order valence-corrected chi connectivity index (χ0v) is 15.5. The monoisotopic (exact) mass is 369 g/mol. The molecule has 0 bridgehead atoms. The molecular weight excluding hydrogens is 342 g/mol. The van der Waals surface area contributed by atoms with E-state index >= 15 is 0 Å². The van der Waals surface area contributed by atoms with Crippen LogP contribution in [0.3, 0.4) is 0 Å². The van der Waals surface area contributed by atoms with Crippen LogP contribution in [0.15, 0.2) is 36.5 Å². The summed E-state index contributed by atoms with van der Waals surface area (Å²) in [7, 11) is 0. The van der Waals surface area contributed by atoms with E-state index in [4.69, 9.17) is 0 Å². The first-order chi connectivity index (χ1) is 13.2. The molecule has 1 aliphatic rings. The third-order valence-electron chi connectivity index (χ3n) is 5.11. The molecule has 1 saturated carbocycles. The van der Waals surface area contributed by atoms with Gasteiger partial charge in [0.25, 0.3) is 5.91 Å². The van der Waals surface area contributed by atoms with Gasteiger partial charge in [-0.25, -0.2) is 0 Å². The SMILES string of the molecule is O=C(NC(CO)C(=O)NC1CCCCCCC1)c1cnc2ccccc2c1. The van der Waals surface area contributed by atoms with Gasteiger partial charge in [0.2, 0.25) is 5.91 Å². The zero-order chi connectivity index (χ0) is 19.1. The Morgan fingerprint density at radius 1 is 1.11 bits per heavy atom. The van der Waals surface area contributed by atoms with Gasteiger partial charge in [-0.05, 0) is 25.0 Å². The third-order valence-corrected chi connectivity index (χ3v) is 5.11. The minimum absolute atomic E-state index is 0.117. The molecule has 0 spiro atoms. The summed E-state index contributed by atoms with van der Waals surface area (Å²) >= 11 is 0. The number of fused-ring (bicyclic) bond motifs is 1. The van der Waals surface area contributed by atoms with E-state index in [0.29, 0.717) is 5.56 Å². The molecule has 2 aromatic rings. The maximum atomic E-state index is 12.5. The Hall–Kier alpha value is -2.47. The first-order valence-corrected chi connectivity index (χ1v) is 9.74. The molecule has 144 valence electrons. The smallest absolute Gasteiger partial charge is 0.253 e. The van der Waals surface area contributed by atoms with Gasteiger partial charge < -0.3 is 15.7 Å². The summed E-state index contributed by atoms with van der Waals surface area (Å²) in [6.07, 6.45) is 9.24. The van der Waals surface area contributed by atoms with Crippen molar-refractivity contribution in [3.8, 4) is 0 Å². The van der Waals surface area contributed by atoms with Gasteiger partial charge in [-0.15, -0.1) is 0 Å². The Morgan fingerprint density at radius 3 is 2.56 bits per heavy atom. The molecular formula is C21H27N3O3. The van der Waals surface area contributed by atoms with Crippen molar-refractivity contribution in [2.24, 2.45) is 0 Å². The minimum Gasteiger partial charge on any atom is -0.394 e. The maximum Gasteiger partial charge on any atom is 0.253 e. The van der Waals surface area contributed by atoms with Crippen LogP contribution in [0, 0.1) is 0 Å². The average molecular weight is 369 g/mol. The molecule has 1 fully saturated rings. The van der Waals surface area contributed by atoms with Crippen molar-refractivity contribution in [2.75, 3.05) is 6.61 Å². The summed E-state index contributed by atoms with van der Waals surface area (Å²) in [5, 5.41) is 16.1. The van der Waals surface area contributed by atoms with E-state index in [0.717, 1.165) is 36.6 Å². The Bertz CT molecular complexity index is 785. The number of para-hydroxylation sites is 1. The van der Waals surface area contributed by atoms with Gasteiger partial charge in [0.05, 0.1) is 17.7 Å². The fourth-order valence-corrected chi connectivity index (χ4v) is 3.53. The van der Waals surface area contributed by atoms with E-state index in [1.54, 1.807) is 6.07 Å². The lowest BCUT2D eigenvalue weighted by Gasteiger charge is -2.24. The number of rotatable bonds is 5. The lowest BCUT2D eigenvalue weighted by atomic mass is 9.96. The maximum absolute atomic E-state index is 12.5. The van der Waals surface area contributed by atoms with Crippen molar-refractivity contribution < 1.29 is 14.7 Å². The highest BCUT2D eigenvalue weighted by Gasteiger charge is 2.23. The van der Waals surface area contributed by atoms with E-state index in [2.05, 4.69) is 15.6 Å². The highest BCUT2D eigenvalue weighted by Crippen LogP contribution is 2.17. The number of hydrogen-bond acceptors (Lipinski definition) is 4. The molecule has 1 atom stereocenters. The number of carbonyl (C=O) groups excluding carboxylic acids is 2. The topological polar surface area (TPSA) is 91.3 Å². The molecule has 1 aromatic heterocycles. The van der Waals surface area contributed by atoms with Gasteiger partial charge >= 0.3 is 0 Å². The summed E-state index contributed by atoms with van der Waals surface area (Å²) in [6, 6.07) is 8.40. The Kier molecular flexibility index (Phi) is 6.76. The molecule has 1 aromatic carbocycles. The highest BCUT2D eigenvalue weighted by molar-refractivity contribution is 5.99. The van der Waals surface area contributed by atoms with Crippen LogP contribution in [0.4, 0.5) is 0 Å². The van der Waals surface area contributed by atoms with Crippen molar-refractivity contribution in [3.63, 3.8) is 0 Å². The number of nitrogens with one attached hydrogen (secondary N) is 2. The molecule has 0 saturated heterocycles. The molecule has 3 N–H and O–H groups in total. The number of aliphatic hydroxyl groups is 1. The normalized spacial score (nSPS) is 16.9. The molecule has 1 aliphatic carbocycles. The van der Waals surface area contributed by atoms with E-state index in [1.807, 2.05) is 24.3 Å². The zero-order valence-electron chi connectivity index (χ0n) is 15.5. The van der Waals surface area contributed by atoms with E-state index in [1.165, 1.54) is 25.5 Å². The van der Waals surface area contributed by atoms with E-state index in [9.17, 15) is 14.7 Å². The molecule has 1 heterocycles. The number of carbonyl (C=O) groups is 2. The van der Waals surface area contributed by atoms with E-state index < -0.39 is 18.6 Å². The van der Waals surface area contributed by atoms with Crippen LogP contribution in [0.5, 0.6) is 0 Å². The summed E-state index contributed by atoms with van der Waals surface area (Å²) < 4.78 is 0. The number of amides is 2. The van der Waals surface area contributed by atoms with Gasteiger partial charge in [-0.1, -0.05) is 50.3 Å². The Balaban J connectivity index is 1.62. The fraction of sp³-hybridized carbons (Fsp3) is 0.476. The van der Waals surface area contributed by atoms with Crippen LogP contribution in [0.1, 0.15) is 55.3 Å². The van der Waals surface area contributed by atoms with Crippen LogP contribution in [0.2, 0.25) is 0 Å². The van der Waals surface area contributed by atoms with Crippen LogP contribution in [0.25, 0.3) is 10.9 Å². The second-order valence-electron chi connectivity index (χ2n) is 7.18. The molecule has 1 unspecified atom stereocenters. The fourth-order valence-electron chi connectivity index (χ4n) is 3.53. The second-order valence-corrected chi connectivity index (χ2v) is 7.18.